The van der Waals surface area contributed by atoms with Crippen molar-refractivity contribution in [2.75, 3.05) is 0 Å². The van der Waals surface area contributed by atoms with Crippen LogP contribution in [0.5, 0.6) is 0 Å². The summed E-state index contributed by atoms with van der Waals surface area (Å²) in [6, 6.07) is 13.2. The molecule has 0 bridgehead atoms. The van der Waals surface area contributed by atoms with E-state index in [1.807, 2.05) is 0 Å². The third-order valence-electron chi connectivity index (χ3n) is 3.42. The van der Waals surface area contributed by atoms with Gasteiger partial charge >= 0.3 is 6.03 Å². The van der Waals surface area contributed by atoms with E-state index in [0.717, 1.165) is 4.57 Å². The SMILES string of the molecule is Cc1nc2ccccc2c(=O)n1C(=O)N/N=C/c1ccccc1Cl. The number of halogens is 1. The second kappa shape index (κ2) is 6.64. The van der Waals surface area contributed by atoms with Crippen molar-refractivity contribution in [2.45, 2.75) is 6.92 Å². The number of benzene rings is 2. The minimum Gasteiger partial charge on any atom is -0.268 e. The third kappa shape index (κ3) is 3.04. The number of nitrogens with zero attached hydrogens (tertiary/aromatic N) is 3. The molecular formula is C17H13ClN4O2. The first-order valence-electron chi connectivity index (χ1n) is 7.14. The molecule has 0 aliphatic carbocycles. The lowest BCUT2D eigenvalue weighted by atomic mass is 10.2. The van der Waals surface area contributed by atoms with Gasteiger partial charge in [-0.2, -0.15) is 5.10 Å². The molecular weight excluding hydrogens is 328 g/mol. The zero-order valence-electron chi connectivity index (χ0n) is 12.7. The smallest absolute Gasteiger partial charge is 0.268 e. The van der Waals surface area contributed by atoms with Crippen molar-refractivity contribution in [3.8, 4) is 0 Å². The van der Waals surface area contributed by atoms with Crippen LogP contribution in [0.25, 0.3) is 10.9 Å². The van der Waals surface area contributed by atoms with E-state index in [4.69, 9.17) is 11.6 Å². The summed E-state index contributed by atoms with van der Waals surface area (Å²) >= 11 is 6.00. The standard InChI is InChI=1S/C17H13ClN4O2/c1-11-20-15-9-5-3-7-13(15)16(23)22(11)17(24)21-19-10-12-6-2-4-8-14(12)18/h2-10H,1H3,(H,21,24)/b19-10+. The highest BCUT2D eigenvalue weighted by Gasteiger charge is 2.13. The summed E-state index contributed by atoms with van der Waals surface area (Å²) in [5, 5.41) is 4.72. The summed E-state index contributed by atoms with van der Waals surface area (Å²) in [7, 11) is 0. The Hall–Kier alpha value is -2.99. The summed E-state index contributed by atoms with van der Waals surface area (Å²) in [5.74, 6) is 0.282. The van der Waals surface area contributed by atoms with Crippen LogP contribution in [0.4, 0.5) is 4.79 Å². The van der Waals surface area contributed by atoms with Crippen LogP contribution in [-0.4, -0.2) is 21.8 Å². The topological polar surface area (TPSA) is 76.3 Å². The molecule has 1 aromatic heterocycles. The number of carbonyl (C=O) groups is 1. The number of para-hydroxylation sites is 1. The molecule has 1 amide bonds. The normalized spacial score (nSPS) is 11.1. The molecule has 6 nitrogen and oxygen atoms in total. The fourth-order valence-electron chi connectivity index (χ4n) is 2.27. The number of amides is 1. The largest absolute Gasteiger partial charge is 0.350 e. The molecule has 1 heterocycles. The lowest BCUT2D eigenvalue weighted by molar-refractivity contribution is 0.241. The van der Waals surface area contributed by atoms with E-state index in [-0.39, 0.29) is 5.82 Å². The summed E-state index contributed by atoms with van der Waals surface area (Å²) < 4.78 is 0.951. The number of hydrazone groups is 1. The highest BCUT2D eigenvalue weighted by atomic mass is 35.5. The summed E-state index contributed by atoms with van der Waals surface area (Å²) in [5.41, 5.74) is 3.07. The van der Waals surface area contributed by atoms with Gasteiger partial charge in [0, 0.05) is 10.6 Å². The van der Waals surface area contributed by atoms with E-state index in [1.54, 1.807) is 55.5 Å². The Morgan fingerprint density at radius 2 is 1.92 bits per heavy atom. The number of aromatic nitrogens is 2. The minimum atomic E-state index is -0.681. The predicted molar refractivity (Wildman–Crippen MR) is 93.7 cm³/mol. The van der Waals surface area contributed by atoms with Crippen LogP contribution >= 0.6 is 11.6 Å². The first kappa shape index (κ1) is 15.9. The molecule has 0 atom stereocenters. The Morgan fingerprint density at radius 1 is 1.21 bits per heavy atom. The highest BCUT2D eigenvalue weighted by molar-refractivity contribution is 6.33. The van der Waals surface area contributed by atoms with Crippen molar-refractivity contribution in [1.29, 1.82) is 0 Å². The van der Waals surface area contributed by atoms with Crippen LogP contribution in [0.1, 0.15) is 11.4 Å². The van der Waals surface area contributed by atoms with Gasteiger partial charge in [-0.1, -0.05) is 41.9 Å². The molecule has 3 rings (SSSR count). The van der Waals surface area contributed by atoms with Gasteiger partial charge in [0.1, 0.15) is 5.82 Å². The van der Waals surface area contributed by atoms with Gasteiger partial charge in [0.2, 0.25) is 0 Å². The Kier molecular flexibility index (Phi) is 4.39. The Bertz CT molecular complexity index is 1010. The van der Waals surface area contributed by atoms with Gasteiger partial charge in [-0.3, -0.25) is 4.79 Å². The number of rotatable bonds is 2. The maximum Gasteiger partial charge on any atom is 0.350 e. The van der Waals surface area contributed by atoms with E-state index in [2.05, 4.69) is 15.5 Å². The second-order valence-corrected chi connectivity index (χ2v) is 5.42. The first-order chi connectivity index (χ1) is 11.6. The van der Waals surface area contributed by atoms with Crippen molar-refractivity contribution in [3.05, 3.63) is 75.3 Å². The van der Waals surface area contributed by atoms with E-state index >= 15 is 0 Å². The molecule has 0 aliphatic heterocycles. The molecule has 24 heavy (non-hydrogen) atoms. The lowest BCUT2D eigenvalue weighted by Gasteiger charge is -2.08. The highest BCUT2D eigenvalue weighted by Crippen LogP contribution is 2.12. The van der Waals surface area contributed by atoms with Gasteiger partial charge < -0.3 is 0 Å². The number of hydrogen-bond acceptors (Lipinski definition) is 4. The van der Waals surface area contributed by atoms with Gasteiger partial charge in [-0.25, -0.2) is 19.8 Å². The van der Waals surface area contributed by atoms with Gasteiger partial charge in [0.05, 0.1) is 17.1 Å². The molecule has 0 radical (unpaired) electrons. The Morgan fingerprint density at radius 3 is 2.71 bits per heavy atom. The van der Waals surface area contributed by atoms with E-state index in [9.17, 15) is 9.59 Å². The molecule has 0 fully saturated rings. The molecule has 0 saturated carbocycles. The van der Waals surface area contributed by atoms with Crippen molar-refractivity contribution in [1.82, 2.24) is 15.0 Å². The molecule has 1 N–H and O–H groups in total. The fourth-order valence-corrected chi connectivity index (χ4v) is 2.45. The van der Waals surface area contributed by atoms with Crippen molar-refractivity contribution < 1.29 is 4.79 Å². The molecule has 120 valence electrons. The van der Waals surface area contributed by atoms with E-state index < -0.39 is 11.6 Å². The van der Waals surface area contributed by atoms with Gasteiger partial charge in [0.15, 0.2) is 0 Å². The van der Waals surface area contributed by atoms with Crippen LogP contribution in [0, 0.1) is 6.92 Å². The Balaban J connectivity index is 1.89. The molecule has 3 aromatic rings. The molecule has 0 spiro atoms. The quantitative estimate of drug-likeness (QED) is 0.575. The molecule has 0 saturated heterocycles. The zero-order valence-corrected chi connectivity index (χ0v) is 13.5. The fraction of sp³-hybridized carbons (Fsp3) is 0.0588. The number of nitrogens with one attached hydrogen (secondary N) is 1. The molecule has 2 aromatic carbocycles. The summed E-state index contributed by atoms with van der Waals surface area (Å²) in [6.07, 6.45) is 1.41. The summed E-state index contributed by atoms with van der Waals surface area (Å²) in [4.78, 5) is 29.0. The van der Waals surface area contributed by atoms with Crippen molar-refractivity contribution in [3.63, 3.8) is 0 Å². The number of hydrogen-bond donors (Lipinski definition) is 1. The molecule has 0 unspecified atom stereocenters. The minimum absolute atomic E-state index is 0.282. The Labute approximate surface area is 142 Å². The van der Waals surface area contributed by atoms with Gasteiger partial charge in [0.25, 0.3) is 5.56 Å². The average Bonchev–Trinajstić information content (AvgIpc) is 2.56. The maximum absolute atomic E-state index is 12.5. The monoisotopic (exact) mass is 340 g/mol. The van der Waals surface area contributed by atoms with E-state index in [1.165, 1.54) is 6.21 Å². The molecule has 7 heteroatoms. The van der Waals surface area contributed by atoms with E-state index in [0.29, 0.717) is 21.5 Å². The summed E-state index contributed by atoms with van der Waals surface area (Å²) in [6.45, 7) is 1.59. The van der Waals surface area contributed by atoms with Crippen LogP contribution in [-0.2, 0) is 0 Å². The number of fused-ring (bicyclic) bond motifs is 1. The van der Waals surface area contributed by atoms with Crippen molar-refractivity contribution >= 4 is 34.7 Å². The first-order valence-corrected chi connectivity index (χ1v) is 7.52. The van der Waals surface area contributed by atoms with Crippen LogP contribution in [0.15, 0.2) is 58.4 Å². The van der Waals surface area contributed by atoms with Gasteiger partial charge in [-0.15, -0.1) is 0 Å². The predicted octanol–water partition coefficient (Wildman–Crippen LogP) is 2.95. The lowest BCUT2D eigenvalue weighted by Crippen LogP contribution is -2.36. The van der Waals surface area contributed by atoms with Crippen LogP contribution in [0.2, 0.25) is 5.02 Å². The van der Waals surface area contributed by atoms with Crippen LogP contribution < -0.4 is 11.0 Å². The van der Waals surface area contributed by atoms with Gasteiger partial charge in [-0.05, 0) is 25.1 Å². The second-order valence-electron chi connectivity index (χ2n) is 5.01. The maximum atomic E-state index is 12.5. The number of carbonyl (C=O) groups excluding carboxylic acids is 1. The van der Waals surface area contributed by atoms with Crippen LogP contribution in [0.3, 0.4) is 0 Å². The average molecular weight is 341 g/mol. The zero-order chi connectivity index (χ0) is 17.1. The third-order valence-corrected chi connectivity index (χ3v) is 3.76. The molecule has 0 aliphatic rings. The number of aryl methyl sites for hydroxylation is 1. The van der Waals surface area contributed by atoms with Crippen molar-refractivity contribution in [2.24, 2.45) is 5.10 Å².